The summed E-state index contributed by atoms with van der Waals surface area (Å²) in [6.07, 6.45) is 2.22. The van der Waals surface area contributed by atoms with Crippen LogP contribution < -0.4 is 5.32 Å². The van der Waals surface area contributed by atoms with Crippen molar-refractivity contribution in [3.63, 3.8) is 0 Å². The maximum atomic E-state index is 6.10. The second kappa shape index (κ2) is 5.36. The minimum absolute atomic E-state index is 0.439. The first-order valence-corrected chi connectivity index (χ1v) is 7.17. The molecule has 0 aliphatic carbocycles. The molecule has 3 rings (SSSR count). The van der Waals surface area contributed by atoms with E-state index < -0.39 is 0 Å². The van der Waals surface area contributed by atoms with Gasteiger partial charge in [-0.05, 0) is 48.6 Å². The van der Waals surface area contributed by atoms with Gasteiger partial charge in [-0.25, -0.2) is 0 Å². The second-order valence-corrected chi connectivity index (χ2v) is 5.74. The minimum Gasteiger partial charge on any atom is -0.306 e. The Morgan fingerprint density at radius 1 is 1.21 bits per heavy atom. The Kier molecular flexibility index (Phi) is 3.58. The Morgan fingerprint density at radius 2 is 2.11 bits per heavy atom. The molecule has 1 unspecified atom stereocenters. The van der Waals surface area contributed by atoms with E-state index in [1.807, 2.05) is 6.07 Å². The standard InChI is InChI=1S/C17H18ClN/c1-12-3-2-4-13(9-12)5-8-17-16-10-15(18)7-6-14(16)11-19-17/h2-4,6-7,9-10,17,19H,5,8,11H2,1H3. The lowest BCUT2D eigenvalue weighted by molar-refractivity contribution is 0.542. The van der Waals surface area contributed by atoms with E-state index in [1.165, 1.54) is 22.3 Å². The van der Waals surface area contributed by atoms with E-state index >= 15 is 0 Å². The zero-order valence-corrected chi connectivity index (χ0v) is 11.9. The largest absolute Gasteiger partial charge is 0.306 e. The maximum Gasteiger partial charge on any atom is 0.0409 e. The number of rotatable bonds is 3. The molecule has 0 bridgehead atoms. The summed E-state index contributed by atoms with van der Waals surface area (Å²) in [7, 11) is 0. The number of hydrogen-bond donors (Lipinski definition) is 1. The van der Waals surface area contributed by atoms with Crippen LogP contribution in [0.3, 0.4) is 0 Å². The molecule has 0 saturated heterocycles. The van der Waals surface area contributed by atoms with Crippen LogP contribution in [-0.4, -0.2) is 0 Å². The van der Waals surface area contributed by atoms with Crippen LogP contribution in [0.1, 0.15) is 34.7 Å². The average molecular weight is 272 g/mol. The fourth-order valence-corrected chi connectivity index (χ4v) is 3.01. The molecule has 2 aromatic rings. The van der Waals surface area contributed by atoms with Gasteiger partial charge in [0.1, 0.15) is 0 Å². The summed E-state index contributed by atoms with van der Waals surface area (Å²) >= 11 is 6.10. The van der Waals surface area contributed by atoms with Crippen LogP contribution >= 0.6 is 11.6 Å². The molecule has 0 radical (unpaired) electrons. The smallest absolute Gasteiger partial charge is 0.0409 e. The molecule has 0 saturated carbocycles. The molecule has 0 spiro atoms. The number of aryl methyl sites for hydroxylation is 2. The molecular formula is C17H18ClN. The molecule has 2 heteroatoms. The van der Waals surface area contributed by atoms with E-state index in [-0.39, 0.29) is 0 Å². The highest BCUT2D eigenvalue weighted by molar-refractivity contribution is 6.30. The highest BCUT2D eigenvalue weighted by Crippen LogP contribution is 2.31. The zero-order valence-electron chi connectivity index (χ0n) is 11.1. The Hall–Kier alpha value is -1.31. The van der Waals surface area contributed by atoms with Crippen LogP contribution in [0.2, 0.25) is 5.02 Å². The Balaban J connectivity index is 1.71. The third-order valence-electron chi connectivity index (χ3n) is 3.83. The van der Waals surface area contributed by atoms with Gasteiger partial charge >= 0.3 is 0 Å². The van der Waals surface area contributed by atoms with Crippen molar-refractivity contribution in [2.75, 3.05) is 0 Å². The molecule has 98 valence electrons. The normalized spacial score (nSPS) is 17.5. The lowest BCUT2D eigenvalue weighted by atomic mass is 9.98. The highest BCUT2D eigenvalue weighted by Gasteiger charge is 2.21. The number of halogens is 1. The number of hydrogen-bond acceptors (Lipinski definition) is 1. The van der Waals surface area contributed by atoms with Crippen LogP contribution in [-0.2, 0) is 13.0 Å². The maximum absolute atomic E-state index is 6.10. The molecule has 1 aliphatic rings. The predicted molar refractivity (Wildman–Crippen MR) is 80.5 cm³/mol. The summed E-state index contributed by atoms with van der Waals surface area (Å²) in [4.78, 5) is 0. The van der Waals surface area contributed by atoms with Crippen molar-refractivity contribution in [2.45, 2.75) is 32.4 Å². The molecule has 2 aromatic carbocycles. The van der Waals surface area contributed by atoms with Crippen LogP contribution in [0, 0.1) is 6.92 Å². The third-order valence-corrected chi connectivity index (χ3v) is 4.06. The average Bonchev–Trinajstić information content (AvgIpc) is 2.79. The molecule has 1 aliphatic heterocycles. The van der Waals surface area contributed by atoms with Crippen molar-refractivity contribution in [2.24, 2.45) is 0 Å². The molecule has 1 nitrogen and oxygen atoms in total. The summed E-state index contributed by atoms with van der Waals surface area (Å²) in [6, 6.07) is 15.4. The summed E-state index contributed by atoms with van der Waals surface area (Å²) in [6.45, 7) is 3.11. The quantitative estimate of drug-likeness (QED) is 0.871. The topological polar surface area (TPSA) is 12.0 Å². The van der Waals surface area contributed by atoms with E-state index in [4.69, 9.17) is 11.6 Å². The Morgan fingerprint density at radius 3 is 2.95 bits per heavy atom. The molecule has 1 atom stereocenters. The highest BCUT2D eigenvalue weighted by atomic mass is 35.5. The van der Waals surface area contributed by atoms with Gasteiger partial charge in [-0.15, -0.1) is 0 Å². The Labute approximate surface area is 119 Å². The summed E-state index contributed by atoms with van der Waals surface area (Å²) in [5.41, 5.74) is 5.51. The van der Waals surface area contributed by atoms with Gasteiger partial charge in [0, 0.05) is 17.6 Å². The van der Waals surface area contributed by atoms with Gasteiger partial charge < -0.3 is 5.32 Å². The molecule has 0 fully saturated rings. The summed E-state index contributed by atoms with van der Waals surface area (Å²) in [5.74, 6) is 0. The molecule has 19 heavy (non-hydrogen) atoms. The van der Waals surface area contributed by atoms with Gasteiger partial charge in [0.05, 0.1) is 0 Å². The van der Waals surface area contributed by atoms with Crippen molar-refractivity contribution < 1.29 is 0 Å². The van der Waals surface area contributed by atoms with E-state index in [0.717, 1.165) is 24.4 Å². The number of nitrogens with one attached hydrogen (secondary N) is 1. The fraction of sp³-hybridized carbons (Fsp3) is 0.294. The first-order valence-electron chi connectivity index (χ1n) is 6.79. The van der Waals surface area contributed by atoms with Gasteiger partial charge in [0.25, 0.3) is 0 Å². The van der Waals surface area contributed by atoms with Crippen LogP contribution in [0.25, 0.3) is 0 Å². The monoisotopic (exact) mass is 271 g/mol. The predicted octanol–water partition coefficient (Wildman–Crippen LogP) is 4.43. The van der Waals surface area contributed by atoms with Crippen molar-refractivity contribution in [3.8, 4) is 0 Å². The molecular weight excluding hydrogens is 254 g/mol. The van der Waals surface area contributed by atoms with Gasteiger partial charge in [-0.2, -0.15) is 0 Å². The van der Waals surface area contributed by atoms with Gasteiger partial charge in [0.2, 0.25) is 0 Å². The zero-order chi connectivity index (χ0) is 13.2. The third kappa shape index (κ3) is 2.83. The van der Waals surface area contributed by atoms with E-state index in [2.05, 4.69) is 48.6 Å². The van der Waals surface area contributed by atoms with Crippen molar-refractivity contribution in [1.82, 2.24) is 5.32 Å². The van der Waals surface area contributed by atoms with Crippen molar-refractivity contribution in [3.05, 3.63) is 69.7 Å². The minimum atomic E-state index is 0.439. The van der Waals surface area contributed by atoms with Gasteiger partial charge in [-0.1, -0.05) is 47.5 Å². The van der Waals surface area contributed by atoms with Gasteiger partial charge in [0.15, 0.2) is 0 Å². The van der Waals surface area contributed by atoms with Gasteiger partial charge in [-0.3, -0.25) is 0 Å². The van der Waals surface area contributed by atoms with Crippen molar-refractivity contribution >= 4 is 11.6 Å². The van der Waals surface area contributed by atoms with E-state index in [0.29, 0.717) is 6.04 Å². The van der Waals surface area contributed by atoms with Crippen molar-refractivity contribution in [1.29, 1.82) is 0 Å². The first kappa shape index (κ1) is 12.7. The van der Waals surface area contributed by atoms with E-state index in [9.17, 15) is 0 Å². The first-order chi connectivity index (χ1) is 9.22. The molecule has 0 amide bonds. The SMILES string of the molecule is Cc1cccc(CCC2NCc3ccc(Cl)cc32)c1. The van der Waals surface area contributed by atoms with Crippen LogP contribution in [0.4, 0.5) is 0 Å². The number of fused-ring (bicyclic) bond motifs is 1. The molecule has 0 aromatic heterocycles. The summed E-state index contributed by atoms with van der Waals surface area (Å²) < 4.78 is 0. The lowest BCUT2D eigenvalue weighted by Crippen LogP contribution is -2.12. The van der Waals surface area contributed by atoms with Crippen LogP contribution in [0.15, 0.2) is 42.5 Å². The summed E-state index contributed by atoms with van der Waals surface area (Å²) in [5, 5.41) is 4.41. The lowest BCUT2D eigenvalue weighted by Gasteiger charge is -2.12. The fourth-order valence-electron chi connectivity index (χ4n) is 2.83. The second-order valence-electron chi connectivity index (χ2n) is 5.30. The number of benzene rings is 2. The van der Waals surface area contributed by atoms with Crippen LogP contribution in [0.5, 0.6) is 0 Å². The Bertz CT molecular complexity index is 592. The molecule has 1 N–H and O–H groups in total. The van der Waals surface area contributed by atoms with E-state index in [1.54, 1.807) is 0 Å². The molecule has 1 heterocycles.